The maximum absolute atomic E-state index is 13.1. The molecule has 0 saturated heterocycles. The van der Waals surface area contributed by atoms with Crippen molar-refractivity contribution in [2.24, 2.45) is 5.41 Å². The van der Waals surface area contributed by atoms with Gasteiger partial charge in [-0.2, -0.15) is 0 Å². The number of hydrogen-bond acceptors (Lipinski definition) is 4. The summed E-state index contributed by atoms with van der Waals surface area (Å²) in [6.07, 6.45) is 5.55. The predicted octanol–water partition coefficient (Wildman–Crippen LogP) is 4.84. The fraction of sp³-hybridized carbons (Fsp3) is 0.583. The van der Waals surface area contributed by atoms with Gasteiger partial charge >= 0.3 is 5.97 Å². The molecule has 1 aromatic rings. The summed E-state index contributed by atoms with van der Waals surface area (Å²) in [4.78, 5) is 25.7. The van der Waals surface area contributed by atoms with Crippen LogP contribution < -0.4 is 0 Å². The zero-order valence-corrected chi connectivity index (χ0v) is 18.2. The van der Waals surface area contributed by atoms with Gasteiger partial charge in [0.25, 0.3) is 0 Å². The summed E-state index contributed by atoms with van der Waals surface area (Å²) in [6, 6.07) is 3.91. The highest BCUT2D eigenvalue weighted by molar-refractivity contribution is 6.31. The molecule has 0 bridgehead atoms. The Bertz CT molecular complexity index is 836. The molecule has 2 aliphatic rings. The quantitative estimate of drug-likeness (QED) is 0.471. The highest BCUT2D eigenvalue weighted by Crippen LogP contribution is 2.45. The van der Waals surface area contributed by atoms with E-state index in [-0.39, 0.29) is 30.7 Å². The molecular formula is C24H29ClO4. The third-order valence-corrected chi connectivity index (χ3v) is 6.60. The lowest BCUT2D eigenvalue weighted by Crippen LogP contribution is -2.40. The van der Waals surface area contributed by atoms with E-state index in [9.17, 15) is 9.59 Å². The molecule has 0 unspecified atom stereocenters. The molecule has 0 aliphatic heterocycles. The normalized spacial score (nSPS) is 23.8. The predicted molar refractivity (Wildman–Crippen MR) is 113 cm³/mol. The van der Waals surface area contributed by atoms with Crippen LogP contribution in [-0.4, -0.2) is 32.1 Å². The second kappa shape index (κ2) is 9.32. The number of carbonyl (C=O) groups is 2. The lowest BCUT2D eigenvalue weighted by molar-refractivity contribution is -0.159. The Morgan fingerprint density at radius 2 is 1.86 bits per heavy atom. The smallest absolute Gasteiger partial charge is 0.312 e. The molecule has 4 nitrogen and oxygen atoms in total. The van der Waals surface area contributed by atoms with Crippen LogP contribution >= 0.6 is 11.6 Å². The van der Waals surface area contributed by atoms with E-state index >= 15 is 0 Å². The van der Waals surface area contributed by atoms with Crippen molar-refractivity contribution in [1.82, 2.24) is 0 Å². The molecule has 29 heavy (non-hydrogen) atoms. The number of hydrogen-bond donors (Lipinski definition) is 0. The number of Topliss-reactive ketones (excluding diaryl/α,β-unsaturated/α-hetero) is 1. The molecule has 5 heteroatoms. The number of benzene rings is 1. The zero-order valence-electron chi connectivity index (χ0n) is 17.5. The average Bonchev–Trinajstić information content (AvgIpc) is 3.55. The number of rotatable bonds is 7. The SMILES string of the molecule is CC#Cc1cc(Cl)c(CC(=O)CC2(C(=O)OC)CCC(OC)CC2)c(C2CC2)c1. The van der Waals surface area contributed by atoms with Gasteiger partial charge in [-0.3, -0.25) is 9.59 Å². The number of esters is 1. The Hall–Kier alpha value is -1.83. The number of methoxy groups -OCH3 is 2. The van der Waals surface area contributed by atoms with Crippen LogP contribution in [0.1, 0.15) is 74.5 Å². The van der Waals surface area contributed by atoms with Crippen molar-refractivity contribution >= 4 is 23.4 Å². The van der Waals surface area contributed by atoms with Crippen LogP contribution in [0.25, 0.3) is 0 Å². The number of ether oxygens (including phenoxy) is 2. The average molecular weight is 417 g/mol. The third-order valence-electron chi connectivity index (χ3n) is 6.27. The van der Waals surface area contributed by atoms with Gasteiger partial charge in [0.15, 0.2) is 0 Å². The Kier molecular flexibility index (Phi) is 7.03. The summed E-state index contributed by atoms with van der Waals surface area (Å²) in [6.45, 7) is 1.80. The van der Waals surface area contributed by atoms with E-state index in [1.807, 2.05) is 6.07 Å². The van der Waals surface area contributed by atoms with Crippen molar-refractivity contribution in [3.05, 3.63) is 33.8 Å². The van der Waals surface area contributed by atoms with Crippen LogP contribution in [0.4, 0.5) is 0 Å². The Morgan fingerprint density at radius 1 is 1.17 bits per heavy atom. The first-order valence-electron chi connectivity index (χ1n) is 10.3. The van der Waals surface area contributed by atoms with Gasteiger partial charge in [-0.25, -0.2) is 0 Å². The van der Waals surface area contributed by atoms with Crippen LogP contribution in [0, 0.1) is 17.3 Å². The maximum Gasteiger partial charge on any atom is 0.312 e. The van der Waals surface area contributed by atoms with E-state index in [1.165, 1.54) is 7.11 Å². The van der Waals surface area contributed by atoms with E-state index in [4.69, 9.17) is 21.1 Å². The lowest BCUT2D eigenvalue weighted by Gasteiger charge is -2.37. The first kappa shape index (κ1) is 21.9. The van der Waals surface area contributed by atoms with E-state index in [1.54, 1.807) is 14.0 Å². The van der Waals surface area contributed by atoms with Crippen LogP contribution in [0.2, 0.25) is 5.02 Å². The minimum Gasteiger partial charge on any atom is -0.469 e. The molecule has 3 rings (SSSR count). The fourth-order valence-corrected chi connectivity index (χ4v) is 4.80. The molecule has 2 fully saturated rings. The molecule has 0 radical (unpaired) electrons. The van der Waals surface area contributed by atoms with Crippen LogP contribution in [-0.2, 0) is 25.5 Å². The standard InChI is InChI=1S/C24H29ClO4/c1-4-5-16-12-20(17-6-7-17)21(22(25)13-16)14-18(26)15-24(23(27)29-3)10-8-19(28-2)9-11-24/h12-13,17,19H,6-11,14-15H2,1-3H3. The molecule has 0 amide bonds. The number of carbonyl (C=O) groups excluding carboxylic acids is 2. The van der Waals surface area contributed by atoms with Gasteiger partial charge in [-0.05, 0) is 74.6 Å². The van der Waals surface area contributed by atoms with Crippen molar-refractivity contribution in [3.63, 3.8) is 0 Å². The molecule has 0 heterocycles. The second-order valence-corrected chi connectivity index (χ2v) is 8.68. The van der Waals surface area contributed by atoms with Crippen molar-refractivity contribution < 1.29 is 19.1 Å². The molecule has 156 valence electrons. The minimum absolute atomic E-state index is 0.0318. The molecule has 0 aromatic heterocycles. The maximum atomic E-state index is 13.1. The van der Waals surface area contributed by atoms with E-state index in [0.717, 1.165) is 42.4 Å². The highest BCUT2D eigenvalue weighted by Gasteiger charge is 2.44. The van der Waals surface area contributed by atoms with Gasteiger partial charge in [0, 0.05) is 30.5 Å². The summed E-state index contributed by atoms with van der Waals surface area (Å²) in [5.41, 5.74) is 2.17. The monoisotopic (exact) mass is 416 g/mol. The largest absolute Gasteiger partial charge is 0.469 e. The van der Waals surface area contributed by atoms with Crippen molar-refractivity contribution in [2.45, 2.75) is 70.3 Å². The minimum atomic E-state index is -0.749. The summed E-state index contributed by atoms with van der Waals surface area (Å²) >= 11 is 6.56. The van der Waals surface area contributed by atoms with Crippen LogP contribution in [0.15, 0.2) is 12.1 Å². The van der Waals surface area contributed by atoms with Crippen LogP contribution in [0.5, 0.6) is 0 Å². The summed E-state index contributed by atoms with van der Waals surface area (Å²) in [7, 11) is 3.08. The summed E-state index contributed by atoms with van der Waals surface area (Å²) in [5.74, 6) is 6.17. The summed E-state index contributed by atoms with van der Waals surface area (Å²) in [5, 5.41) is 0.593. The summed E-state index contributed by atoms with van der Waals surface area (Å²) < 4.78 is 10.5. The molecular weight excluding hydrogens is 388 g/mol. The van der Waals surface area contributed by atoms with Crippen LogP contribution in [0.3, 0.4) is 0 Å². The number of halogens is 1. The van der Waals surface area contributed by atoms with E-state index < -0.39 is 5.41 Å². The van der Waals surface area contributed by atoms with Gasteiger partial charge in [-0.15, -0.1) is 5.92 Å². The molecule has 0 spiro atoms. The highest BCUT2D eigenvalue weighted by atomic mass is 35.5. The topological polar surface area (TPSA) is 52.6 Å². The molecule has 1 aromatic carbocycles. The fourth-order valence-electron chi connectivity index (χ4n) is 4.51. The van der Waals surface area contributed by atoms with Gasteiger partial charge in [0.2, 0.25) is 0 Å². The van der Waals surface area contributed by atoms with Gasteiger partial charge in [0.05, 0.1) is 18.6 Å². The number of ketones is 1. The van der Waals surface area contributed by atoms with Gasteiger partial charge < -0.3 is 9.47 Å². The second-order valence-electron chi connectivity index (χ2n) is 8.27. The molecule has 0 N–H and O–H groups in total. The third kappa shape index (κ3) is 5.02. The molecule has 2 aliphatic carbocycles. The van der Waals surface area contributed by atoms with Crippen molar-refractivity contribution in [3.8, 4) is 11.8 Å². The Morgan fingerprint density at radius 3 is 2.41 bits per heavy atom. The Balaban J connectivity index is 1.80. The Labute approximate surface area is 178 Å². The van der Waals surface area contributed by atoms with E-state index in [0.29, 0.717) is 23.8 Å². The van der Waals surface area contributed by atoms with E-state index in [2.05, 4.69) is 17.9 Å². The van der Waals surface area contributed by atoms with Gasteiger partial charge in [-0.1, -0.05) is 17.5 Å². The van der Waals surface area contributed by atoms with Gasteiger partial charge in [0.1, 0.15) is 5.78 Å². The van der Waals surface area contributed by atoms with Crippen molar-refractivity contribution in [2.75, 3.05) is 14.2 Å². The first-order valence-corrected chi connectivity index (χ1v) is 10.7. The first-order chi connectivity index (χ1) is 13.9. The zero-order chi connectivity index (χ0) is 21.0. The lowest BCUT2D eigenvalue weighted by atomic mass is 9.69. The molecule has 0 atom stereocenters. The van der Waals surface area contributed by atoms with Crippen molar-refractivity contribution in [1.29, 1.82) is 0 Å². The molecule has 2 saturated carbocycles.